The molecule has 2 unspecified atom stereocenters. The Balaban J connectivity index is -0.000000488. The molecule has 11 nitrogen and oxygen atoms in total. The van der Waals surface area contributed by atoms with Crippen LogP contribution in [0.25, 0.3) is 0 Å². The van der Waals surface area contributed by atoms with E-state index in [1.165, 1.54) is 17.5 Å². The minimum absolute atomic E-state index is 0. The minimum atomic E-state index is -0.392. The summed E-state index contributed by atoms with van der Waals surface area (Å²) in [5.41, 5.74) is 18.0. The number of rotatable bonds is 16. The molecule has 390 valence electrons. The van der Waals surface area contributed by atoms with Gasteiger partial charge >= 0.3 is 103 Å². The smallest absolute Gasteiger partial charge is 1.00 e. The maximum Gasteiger partial charge on any atom is 1.00 e. The van der Waals surface area contributed by atoms with Crippen molar-refractivity contribution in [3.8, 4) is 0 Å². The Morgan fingerprint density at radius 1 is 0.639 bits per heavy atom. The van der Waals surface area contributed by atoms with Crippen LogP contribution < -0.4 is 124 Å². The maximum atomic E-state index is 13.7. The Labute approximate surface area is 534 Å². The molecule has 0 fully saturated rings. The number of unbranched alkanes of at least 4 members (excludes halogenated alkanes) is 2. The molecule has 2 atom stereocenters. The van der Waals surface area contributed by atoms with Crippen LogP contribution in [0.15, 0.2) is 84.9 Å². The Bertz CT molecular complexity index is 2150. The Kier molecular flexibility index (Phi) is 42.3. The van der Waals surface area contributed by atoms with Crippen molar-refractivity contribution in [2.45, 2.75) is 160 Å². The van der Waals surface area contributed by atoms with Gasteiger partial charge in [0.05, 0.1) is 11.4 Å². The third-order valence-corrected chi connectivity index (χ3v) is 11.3. The molecule has 16 heteroatoms. The van der Waals surface area contributed by atoms with Crippen LogP contribution in [0.2, 0.25) is 0 Å². The number of nitrogens with one attached hydrogen (secondary N) is 3. The van der Waals surface area contributed by atoms with E-state index in [0.717, 1.165) is 67.2 Å². The number of nitrogens with zero attached hydrogens (tertiary/aromatic N) is 1. The van der Waals surface area contributed by atoms with E-state index in [2.05, 4.69) is 90.4 Å². The summed E-state index contributed by atoms with van der Waals surface area (Å²) in [6, 6.07) is 26.9. The molecule has 0 saturated carbocycles. The average molecular weight is 1110 g/mol. The number of amides is 3. The molecule has 0 aromatic heterocycles. The maximum absolute atomic E-state index is 13.7. The monoisotopic (exact) mass is 1100 g/mol. The zero-order valence-corrected chi connectivity index (χ0v) is 54.6. The van der Waals surface area contributed by atoms with Gasteiger partial charge in [0.25, 0.3) is 29.4 Å². The number of carbonyl (C=O) groups is 5. The van der Waals surface area contributed by atoms with Gasteiger partial charge in [-0.1, -0.05) is 154 Å². The second kappa shape index (κ2) is 40.7. The van der Waals surface area contributed by atoms with Crippen LogP contribution in [0, 0.1) is 38.5 Å². The molecule has 4 aromatic carbocycles. The van der Waals surface area contributed by atoms with Crippen molar-refractivity contribution in [3.05, 3.63) is 141 Å². The van der Waals surface area contributed by atoms with Crippen LogP contribution in [0.3, 0.4) is 0 Å². The number of hydrogen-bond donors (Lipinski definition) is 3. The molecule has 3 amide bonds. The number of benzene rings is 4. The van der Waals surface area contributed by atoms with Crippen molar-refractivity contribution < 1.29 is 138 Å². The van der Waals surface area contributed by atoms with Crippen LogP contribution >= 0.6 is 34.8 Å². The number of hydrazine groups is 2. The summed E-state index contributed by atoms with van der Waals surface area (Å²) in [6.45, 7) is 29.2. The minimum Gasteiger partial charge on any atom is -1.00 e. The van der Waals surface area contributed by atoms with Gasteiger partial charge in [0.1, 0.15) is 0 Å². The zero-order valence-electron chi connectivity index (χ0n) is 47.1. The summed E-state index contributed by atoms with van der Waals surface area (Å²) < 4.78 is 0. The topological polar surface area (TPSA) is 157 Å². The van der Waals surface area contributed by atoms with E-state index in [-0.39, 0.29) is 157 Å². The number of alkyl halides is 2. The van der Waals surface area contributed by atoms with Crippen LogP contribution in [-0.2, 0) is 22.5 Å². The van der Waals surface area contributed by atoms with E-state index in [9.17, 15) is 19.2 Å². The van der Waals surface area contributed by atoms with E-state index >= 15 is 0 Å². The SMILES string of the molecule is CCCCC(N(NC(=O)c1ccc(CC)cc1)C(=O)c1cc(C)cc(C)c1)C(C)(C)C.CCCCC(NNC(=O)c1ccc(CC)cc1)C(C)(C)C.Cc1cc(C)cc(C(=O)Cl)c1.ClCCl.O=CO[O-].[H-].[K+].[K+]. The van der Waals surface area contributed by atoms with Crippen molar-refractivity contribution in [3.63, 3.8) is 0 Å². The Morgan fingerprint density at radius 3 is 1.35 bits per heavy atom. The molecule has 0 saturated heterocycles. The van der Waals surface area contributed by atoms with Crippen molar-refractivity contribution in [2.75, 3.05) is 5.34 Å². The van der Waals surface area contributed by atoms with Gasteiger partial charge in [0.15, 0.2) is 0 Å². The van der Waals surface area contributed by atoms with Gasteiger partial charge in [-0.25, -0.2) is 10.4 Å². The molecule has 0 bridgehead atoms. The largest absolute Gasteiger partial charge is 1.00 e. The summed E-state index contributed by atoms with van der Waals surface area (Å²) in [4.78, 5) is 60.9. The third kappa shape index (κ3) is 30.9. The third-order valence-electron chi connectivity index (χ3n) is 11.0. The van der Waals surface area contributed by atoms with Gasteiger partial charge in [-0.15, -0.1) is 23.2 Å². The Morgan fingerprint density at radius 2 is 1.01 bits per heavy atom. The summed E-state index contributed by atoms with van der Waals surface area (Å²) in [7, 11) is 0. The van der Waals surface area contributed by atoms with Crippen LogP contribution in [-0.4, -0.2) is 51.9 Å². The van der Waals surface area contributed by atoms with Gasteiger partial charge in [0, 0.05) is 28.3 Å². The molecule has 0 radical (unpaired) electrons. The van der Waals surface area contributed by atoms with Gasteiger partial charge < -0.3 is 11.6 Å². The fraction of sp³-hybridized carbons (Fsp3) is 0.482. The van der Waals surface area contributed by atoms with Crippen molar-refractivity contribution in [1.29, 1.82) is 0 Å². The molecule has 3 N–H and O–H groups in total. The molecule has 4 aromatic rings. The molecule has 0 spiro atoms. The number of aryl methyl sites for hydroxylation is 6. The second-order valence-electron chi connectivity index (χ2n) is 19.2. The Hall–Kier alpha value is -1.51. The van der Waals surface area contributed by atoms with E-state index in [1.54, 1.807) is 17.1 Å². The number of hydrogen-bond acceptors (Lipinski definition) is 8. The fourth-order valence-corrected chi connectivity index (χ4v) is 7.36. The van der Waals surface area contributed by atoms with Gasteiger partial charge in [-0.05, 0) is 135 Å². The second-order valence-corrected chi connectivity index (χ2v) is 20.4. The molecule has 72 heavy (non-hydrogen) atoms. The number of halogens is 3. The number of carbonyl (C=O) groups excluding carboxylic acids is 5. The molecular formula is C56H81Cl3K2N4O7. The van der Waals surface area contributed by atoms with Crippen LogP contribution in [0.1, 0.15) is 184 Å². The summed E-state index contributed by atoms with van der Waals surface area (Å²) in [6.07, 6.45) is 8.15. The van der Waals surface area contributed by atoms with Crippen molar-refractivity contribution in [1.82, 2.24) is 21.3 Å². The van der Waals surface area contributed by atoms with Crippen LogP contribution in [0.4, 0.5) is 0 Å². The summed E-state index contributed by atoms with van der Waals surface area (Å²) >= 11 is 14.8. The van der Waals surface area contributed by atoms with Crippen LogP contribution in [0.5, 0.6) is 0 Å². The first kappa shape index (κ1) is 74.7. The first-order chi connectivity index (χ1) is 32.9. The predicted octanol–water partition coefficient (Wildman–Crippen LogP) is 7.01. The van der Waals surface area contributed by atoms with Gasteiger partial charge in [-0.3, -0.25) is 34.8 Å². The van der Waals surface area contributed by atoms with Crippen molar-refractivity contribution >= 4 is 64.2 Å². The quantitative estimate of drug-likeness (QED) is 0.0271. The fourth-order valence-electron chi connectivity index (χ4n) is 7.25. The molecule has 0 aliphatic heterocycles. The van der Waals surface area contributed by atoms with Crippen molar-refractivity contribution in [2.24, 2.45) is 10.8 Å². The van der Waals surface area contributed by atoms with Gasteiger partial charge in [-0.2, -0.15) is 0 Å². The molecule has 4 rings (SSSR count). The zero-order chi connectivity index (χ0) is 53.6. The molecule has 0 aliphatic carbocycles. The molecular weight excluding hydrogens is 1030 g/mol. The summed E-state index contributed by atoms with van der Waals surface area (Å²) in [5, 5.41) is 9.82. The predicted molar refractivity (Wildman–Crippen MR) is 288 cm³/mol. The van der Waals surface area contributed by atoms with E-state index in [4.69, 9.17) is 44.9 Å². The van der Waals surface area contributed by atoms with E-state index < -0.39 is 5.24 Å². The van der Waals surface area contributed by atoms with Gasteiger partial charge in [0.2, 0.25) is 0 Å². The van der Waals surface area contributed by atoms with E-state index in [0.29, 0.717) is 22.3 Å². The van der Waals surface area contributed by atoms with E-state index in [1.807, 2.05) is 100 Å². The first-order valence-corrected chi connectivity index (χ1v) is 25.4. The standard InChI is InChI=1S/C27H38N2O2.C18H30N2O.C9H9ClO.CH2Cl2.CH2O3.2K.H/c1-8-10-11-24(27(5,6)7)29(26(31)23-17-19(3)16-20(4)18-23)28-25(30)22-14-12-21(9-2)13-15-22;1-6-8-9-16(18(3,4)5)19-20-17(21)15-12-10-14(7-2)11-13-15;1-6-3-7(2)5-8(4-6)9(10)11;2-1-3;2-1-4-3;;;/h12-18,24H,8-11H2,1-7H3,(H,28,30);10-13,16,19H,6-9H2,1-5H3,(H,20,21);3-5H,1-2H3;1H2;1,3H;;;/q;;;;;2*+1;-1/p-1. The molecule has 0 heterocycles. The average Bonchev–Trinajstić information content (AvgIpc) is 3.30. The normalized spacial score (nSPS) is 11.1. The first-order valence-electron chi connectivity index (χ1n) is 24.0. The summed E-state index contributed by atoms with van der Waals surface area (Å²) in [5.74, 6) is -0.490. The molecule has 0 aliphatic rings.